The van der Waals surface area contributed by atoms with Gasteiger partial charge >= 0.3 is 0 Å². The average molecular weight is 305 g/mol. The summed E-state index contributed by atoms with van der Waals surface area (Å²) in [5.74, 6) is -0.00561. The summed E-state index contributed by atoms with van der Waals surface area (Å²) < 4.78 is 7.81. The molecular weight excluding hydrogens is 290 g/mol. The molecule has 1 amide bonds. The van der Waals surface area contributed by atoms with E-state index in [0.717, 1.165) is 12.1 Å². The van der Waals surface area contributed by atoms with E-state index in [2.05, 4.69) is 10.3 Å². The van der Waals surface area contributed by atoms with Gasteiger partial charge in [-0.2, -0.15) is 0 Å². The normalized spacial score (nSPS) is 24.5. The second kappa shape index (κ2) is 4.81. The van der Waals surface area contributed by atoms with Crippen LogP contribution in [0.15, 0.2) is 17.6 Å². The van der Waals surface area contributed by atoms with Gasteiger partial charge in [-0.15, -0.1) is 16.4 Å². The molecule has 110 valence electrons. The molecule has 4 heterocycles. The van der Waals surface area contributed by atoms with Crippen molar-refractivity contribution in [2.24, 2.45) is 0 Å². The maximum atomic E-state index is 12.5. The Morgan fingerprint density at radius 1 is 1.52 bits per heavy atom. The molecule has 0 spiro atoms. The molecule has 2 atom stereocenters. The summed E-state index contributed by atoms with van der Waals surface area (Å²) in [7, 11) is 0. The lowest BCUT2D eigenvalue weighted by Crippen LogP contribution is -2.50. The third-order valence-corrected chi connectivity index (χ3v) is 5.03. The minimum atomic E-state index is -0.0295. The van der Waals surface area contributed by atoms with Gasteiger partial charge in [-0.3, -0.25) is 4.79 Å². The average Bonchev–Trinajstić information content (AvgIpc) is 3.14. The number of likely N-dealkylation sites (tertiary alicyclic amines) is 1. The van der Waals surface area contributed by atoms with E-state index in [1.165, 1.54) is 11.3 Å². The first-order valence-corrected chi connectivity index (χ1v) is 7.75. The number of nitrogens with two attached hydrogens (primary N) is 1. The number of nitrogens with zero attached hydrogens (tertiary/aromatic N) is 4. The molecule has 0 radical (unpaired) electrons. The van der Waals surface area contributed by atoms with Crippen molar-refractivity contribution in [2.45, 2.75) is 25.2 Å². The fourth-order valence-electron chi connectivity index (χ4n) is 3.01. The van der Waals surface area contributed by atoms with Crippen LogP contribution in [0, 0.1) is 0 Å². The summed E-state index contributed by atoms with van der Waals surface area (Å²) in [6.45, 7) is 1.75. The quantitative estimate of drug-likeness (QED) is 0.846. The van der Waals surface area contributed by atoms with E-state index in [1.54, 1.807) is 12.3 Å². The molecule has 1 saturated heterocycles. The number of fused-ring (bicyclic) bond motifs is 3. The van der Waals surface area contributed by atoms with Crippen LogP contribution in [0.2, 0.25) is 0 Å². The van der Waals surface area contributed by atoms with Gasteiger partial charge < -0.3 is 15.4 Å². The molecule has 4 rings (SSSR count). The van der Waals surface area contributed by atoms with E-state index in [4.69, 9.17) is 10.5 Å². The fraction of sp³-hybridized carbons (Fsp3) is 0.462. The lowest BCUT2D eigenvalue weighted by Gasteiger charge is -2.40. The number of carbonyl (C=O) groups is 1. The number of ether oxygens (including phenoxy) is 1. The van der Waals surface area contributed by atoms with E-state index in [-0.39, 0.29) is 18.1 Å². The molecule has 0 aliphatic carbocycles. The van der Waals surface area contributed by atoms with Gasteiger partial charge in [-0.1, -0.05) is 5.21 Å². The minimum Gasteiger partial charge on any atom is -0.397 e. The van der Waals surface area contributed by atoms with E-state index >= 15 is 0 Å². The highest BCUT2D eigenvalue weighted by atomic mass is 32.1. The highest BCUT2D eigenvalue weighted by Gasteiger charge is 2.38. The van der Waals surface area contributed by atoms with Gasteiger partial charge in [0.15, 0.2) is 0 Å². The molecule has 2 aliphatic heterocycles. The van der Waals surface area contributed by atoms with Crippen molar-refractivity contribution >= 4 is 22.9 Å². The van der Waals surface area contributed by atoms with Gasteiger partial charge in [0.05, 0.1) is 36.3 Å². The van der Waals surface area contributed by atoms with Gasteiger partial charge in [0.1, 0.15) is 4.88 Å². The lowest BCUT2D eigenvalue weighted by atomic mass is 10.00. The van der Waals surface area contributed by atoms with Crippen molar-refractivity contribution in [3.63, 3.8) is 0 Å². The summed E-state index contributed by atoms with van der Waals surface area (Å²) in [5, 5.41) is 9.92. The molecular formula is C13H15N5O2S. The molecule has 0 saturated carbocycles. The van der Waals surface area contributed by atoms with Gasteiger partial charge in [0.25, 0.3) is 5.91 Å². The van der Waals surface area contributed by atoms with Crippen molar-refractivity contribution in [2.75, 3.05) is 18.8 Å². The van der Waals surface area contributed by atoms with Crippen LogP contribution >= 0.6 is 11.3 Å². The first-order valence-electron chi connectivity index (χ1n) is 6.87. The van der Waals surface area contributed by atoms with Crippen molar-refractivity contribution in [3.8, 4) is 0 Å². The van der Waals surface area contributed by atoms with Crippen LogP contribution in [0.3, 0.4) is 0 Å². The molecule has 1 fully saturated rings. The summed E-state index contributed by atoms with van der Waals surface area (Å²) in [5.41, 5.74) is 7.39. The first-order chi connectivity index (χ1) is 10.2. The Morgan fingerprint density at radius 3 is 3.24 bits per heavy atom. The van der Waals surface area contributed by atoms with Crippen LogP contribution in [0.4, 0.5) is 5.69 Å². The summed E-state index contributed by atoms with van der Waals surface area (Å²) >= 11 is 1.39. The number of aromatic nitrogens is 3. The lowest BCUT2D eigenvalue weighted by molar-refractivity contribution is -0.0626. The highest BCUT2D eigenvalue weighted by Crippen LogP contribution is 2.32. The van der Waals surface area contributed by atoms with E-state index in [9.17, 15) is 4.79 Å². The summed E-state index contributed by atoms with van der Waals surface area (Å²) in [6, 6.07) is 1.93. The van der Waals surface area contributed by atoms with Crippen LogP contribution in [0.5, 0.6) is 0 Å². The smallest absolute Gasteiger partial charge is 0.266 e. The largest absolute Gasteiger partial charge is 0.397 e. The molecule has 0 aromatic carbocycles. The maximum absolute atomic E-state index is 12.5. The molecule has 2 aromatic rings. The Balaban J connectivity index is 1.54. The Labute approximate surface area is 125 Å². The zero-order valence-electron chi connectivity index (χ0n) is 11.3. The zero-order valence-corrected chi connectivity index (χ0v) is 12.1. The third-order valence-electron chi connectivity index (χ3n) is 4.11. The highest BCUT2D eigenvalue weighted by molar-refractivity contribution is 7.12. The number of nitrogen functional groups attached to an aromatic ring is 1. The topological polar surface area (TPSA) is 86.3 Å². The van der Waals surface area contributed by atoms with Crippen LogP contribution in [-0.4, -0.2) is 45.0 Å². The summed E-state index contributed by atoms with van der Waals surface area (Å²) in [4.78, 5) is 15.0. The molecule has 7 nitrogen and oxygen atoms in total. The Hall–Kier alpha value is -1.93. The first kappa shape index (κ1) is 12.8. The minimum absolute atomic E-state index is 0.00561. The van der Waals surface area contributed by atoms with Crippen molar-refractivity contribution in [1.82, 2.24) is 19.9 Å². The molecule has 2 N–H and O–H groups in total. The third kappa shape index (κ3) is 2.02. The molecule has 0 unspecified atom stereocenters. The zero-order chi connectivity index (χ0) is 14.4. The number of amides is 1. The van der Waals surface area contributed by atoms with Crippen molar-refractivity contribution in [3.05, 3.63) is 28.2 Å². The number of thiophene rings is 1. The second-order valence-electron chi connectivity index (χ2n) is 5.33. The van der Waals surface area contributed by atoms with Gasteiger partial charge in [0, 0.05) is 13.1 Å². The standard InChI is InChI=1S/C13H15N5O2S/c14-9-2-4-21-12(9)13(19)17-3-1-10-11(6-17)20-7-8-5-15-16-18(8)10/h2,4-5,10-11H,1,3,6-7,14H2/t10-,11-/m0/s1. The number of carbonyl (C=O) groups excluding carboxylic acids is 1. The van der Waals surface area contributed by atoms with Crippen LogP contribution in [0.25, 0.3) is 0 Å². The molecule has 21 heavy (non-hydrogen) atoms. The van der Waals surface area contributed by atoms with Crippen LogP contribution < -0.4 is 5.73 Å². The molecule has 0 bridgehead atoms. The van der Waals surface area contributed by atoms with Crippen molar-refractivity contribution in [1.29, 1.82) is 0 Å². The van der Waals surface area contributed by atoms with Gasteiger partial charge in [-0.05, 0) is 17.9 Å². The molecule has 2 aliphatic rings. The Morgan fingerprint density at radius 2 is 2.43 bits per heavy atom. The molecule has 2 aromatic heterocycles. The number of hydrogen-bond donors (Lipinski definition) is 1. The number of rotatable bonds is 1. The maximum Gasteiger partial charge on any atom is 0.266 e. The van der Waals surface area contributed by atoms with Crippen LogP contribution in [-0.2, 0) is 11.3 Å². The van der Waals surface area contributed by atoms with E-state index in [0.29, 0.717) is 30.3 Å². The van der Waals surface area contributed by atoms with Crippen molar-refractivity contribution < 1.29 is 9.53 Å². The van der Waals surface area contributed by atoms with E-state index < -0.39 is 0 Å². The fourth-order valence-corrected chi connectivity index (χ4v) is 3.79. The summed E-state index contributed by atoms with van der Waals surface area (Å²) in [6.07, 6.45) is 2.52. The van der Waals surface area contributed by atoms with E-state index in [1.807, 2.05) is 15.0 Å². The predicted octanol–water partition coefficient (Wildman–Crippen LogP) is 0.908. The van der Waals surface area contributed by atoms with Gasteiger partial charge in [0.2, 0.25) is 0 Å². The van der Waals surface area contributed by atoms with Crippen LogP contribution in [0.1, 0.15) is 27.8 Å². The van der Waals surface area contributed by atoms with Gasteiger partial charge in [-0.25, -0.2) is 4.68 Å². The monoisotopic (exact) mass is 305 g/mol. The SMILES string of the molecule is Nc1ccsc1C(=O)N1CC[C@H]2[C@H](C1)OCc1cnnn12. The second-order valence-corrected chi connectivity index (χ2v) is 6.25. The predicted molar refractivity (Wildman–Crippen MR) is 76.9 cm³/mol. The number of piperidine rings is 1. The molecule has 8 heteroatoms. The Kier molecular flexibility index (Phi) is 2.93. The number of hydrogen-bond acceptors (Lipinski definition) is 6. The Bertz CT molecular complexity index is 682. The number of anilines is 1.